The van der Waals surface area contributed by atoms with Crippen LogP contribution in [0.3, 0.4) is 0 Å². The van der Waals surface area contributed by atoms with Crippen LogP contribution in [0.25, 0.3) is 0 Å². The Kier molecular flexibility index (Phi) is 8.03. The highest BCUT2D eigenvalue weighted by atomic mass is 35.5. The van der Waals surface area contributed by atoms with Gasteiger partial charge in [0.15, 0.2) is 0 Å². The predicted molar refractivity (Wildman–Crippen MR) is 90.4 cm³/mol. The Morgan fingerprint density at radius 2 is 1.95 bits per heavy atom. The monoisotopic (exact) mass is 351 g/mol. The van der Waals surface area contributed by atoms with Crippen LogP contribution in [0.4, 0.5) is 0 Å². The van der Waals surface area contributed by atoms with Crippen molar-refractivity contribution in [3.63, 3.8) is 0 Å². The molecule has 0 aliphatic carbocycles. The zero-order valence-corrected chi connectivity index (χ0v) is 14.9. The van der Waals surface area contributed by atoms with Crippen LogP contribution in [0.15, 0.2) is 18.2 Å². The van der Waals surface area contributed by atoms with Crippen LogP contribution in [0.2, 0.25) is 10.0 Å². The number of nitrogens with one attached hydrogen (secondary N) is 1. The first-order valence-electron chi connectivity index (χ1n) is 7.29. The maximum absolute atomic E-state index is 12.1. The van der Waals surface area contributed by atoms with Crippen LogP contribution in [-0.4, -0.2) is 15.0 Å². The maximum atomic E-state index is 12.1. The summed E-state index contributed by atoms with van der Waals surface area (Å²) in [6, 6.07) is 4.86. The van der Waals surface area contributed by atoms with Crippen LogP contribution in [0.1, 0.15) is 45.1 Å². The summed E-state index contributed by atoms with van der Waals surface area (Å²) >= 11 is 11.8. The van der Waals surface area contributed by atoms with Gasteiger partial charge in [0.1, 0.15) is 0 Å². The Morgan fingerprint density at radius 3 is 2.52 bits per heavy atom. The molecular weight excluding hydrogens is 329 g/mol. The van der Waals surface area contributed by atoms with E-state index in [1.54, 1.807) is 18.2 Å². The van der Waals surface area contributed by atoms with E-state index in [0.29, 0.717) is 28.1 Å². The summed E-state index contributed by atoms with van der Waals surface area (Å²) in [6.45, 7) is 4.72. The molecule has 3 nitrogen and oxygen atoms in total. The standard InChI is InChI=1S/C15H23Cl2NO2S/c1-3-5-6-12(4-2)10-18-21(19,20)11-13-7-8-14(16)9-15(13)17/h7-9,12,18H,3-6,10-11H2,1-2H3. The van der Waals surface area contributed by atoms with Crippen molar-refractivity contribution in [1.82, 2.24) is 4.72 Å². The van der Waals surface area contributed by atoms with Gasteiger partial charge in [-0.05, 0) is 30.0 Å². The molecule has 1 unspecified atom stereocenters. The van der Waals surface area contributed by atoms with E-state index in [1.807, 2.05) is 0 Å². The summed E-state index contributed by atoms with van der Waals surface area (Å²) in [7, 11) is -3.38. The van der Waals surface area contributed by atoms with Crippen molar-refractivity contribution in [2.75, 3.05) is 6.54 Å². The zero-order chi connectivity index (χ0) is 15.9. The summed E-state index contributed by atoms with van der Waals surface area (Å²) < 4.78 is 26.9. The van der Waals surface area contributed by atoms with Gasteiger partial charge >= 0.3 is 0 Å². The molecule has 0 aromatic heterocycles. The number of sulfonamides is 1. The molecule has 0 spiro atoms. The van der Waals surface area contributed by atoms with Crippen molar-refractivity contribution in [2.45, 2.75) is 45.3 Å². The minimum atomic E-state index is -3.38. The highest BCUT2D eigenvalue weighted by molar-refractivity contribution is 7.88. The molecule has 0 aliphatic rings. The van der Waals surface area contributed by atoms with Crippen molar-refractivity contribution < 1.29 is 8.42 Å². The van der Waals surface area contributed by atoms with Crippen molar-refractivity contribution in [3.05, 3.63) is 33.8 Å². The van der Waals surface area contributed by atoms with E-state index in [2.05, 4.69) is 18.6 Å². The van der Waals surface area contributed by atoms with E-state index < -0.39 is 10.0 Å². The van der Waals surface area contributed by atoms with E-state index >= 15 is 0 Å². The number of hydrogen-bond acceptors (Lipinski definition) is 2. The molecule has 1 N–H and O–H groups in total. The fraction of sp³-hybridized carbons (Fsp3) is 0.600. The summed E-state index contributed by atoms with van der Waals surface area (Å²) in [5, 5.41) is 0.880. The SMILES string of the molecule is CCCCC(CC)CNS(=O)(=O)Cc1ccc(Cl)cc1Cl. The fourth-order valence-corrected chi connectivity index (χ4v) is 3.89. The number of unbranched alkanes of at least 4 members (excludes halogenated alkanes) is 1. The summed E-state index contributed by atoms with van der Waals surface area (Å²) in [6.07, 6.45) is 4.29. The van der Waals surface area contributed by atoms with Gasteiger partial charge in [-0.3, -0.25) is 0 Å². The number of benzene rings is 1. The first-order chi connectivity index (χ1) is 9.88. The molecule has 21 heavy (non-hydrogen) atoms. The van der Waals surface area contributed by atoms with Gasteiger partial charge < -0.3 is 0 Å². The van der Waals surface area contributed by atoms with Gasteiger partial charge in [-0.1, -0.05) is 62.4 Å². The molecular formula is C15H23Cl2NO2S. The highest BCUT2D eigenvalue weighted by Gasteiger charge is 2.16. The topological polar surface area (TPSA) is 46.2 Å². The Morgan fingerprint density at radius 1 is 1.24 bits per heavy atom. The Bertz CT molecular complexity index is 547. The first-order valence-corrected chi connectivity index (χ1v) is 9.70. The van der Waals surface area contributed by atoms with Gasteiger partial charge in [0.05, 0.1) is 5.75 Å². The average molecular weight is 352 g/mol. The van der Waals surface area contributed by atoms with Gasteiger partial charge in [-0.2, -0.15) is 0 Å². The summed E-state index contributed by atoms with van der Waals surface area (Å²) in [4.78, 5) is 0. The minimum absolute atomic E-state index is 0.118. The Hall–Kier alpha value is -0.290. The molecule has 0 saturated heterocycles. The third-order valence-corrected chi connectivity index (χ3v) is 5.38. The van der Waals surface area contributed by atoms with Crippen molar-refractivity contribution >= 4 is 33.2 Å². The smallest absolute Gasteiger partial charge is 0.215 e. The molecule has 0 aliphatic heterocycles. The lowest BCUT2D eigenvalue weighted by atomic mass is 10.00. The molecule has 1 aromatic rings. The highest BCUT2D eigenvalue weighted by Crippen LogP contribution is 2.22. The number of halogens is 2. The largest absolute Gasteiger partial charge is 0.215 e. The van der Waals surface area contributed by atoms with Gasteiger partial charge in [-0.15, -0.1) is 0 Å². The van der Waals surface area contributed by atoms with Crippen LogP contribution in [0, 0.1) is 5.92 Å². The number of rotatable bonds is 9. The quantitative estimate of drug-likeness (QED) is 0.704. The third-order valence-electron chi connectivity index (χ3n) is 3.50. The Labute approximate surface area is 138 Å². The van der Waals surface area contributed by atoms with E-state index in [1.165, 1.54) is 0 Å². The lowest BCUT2D eigenvalue weighted by Crippen LogP contribution is -2.30. The molecule has 0 amide bonds. The Balaban J connectivity index is 2.60. The molecule has 1 atom stereocenters. The normalized spacial score (nSPS) is 13.3. The summed E-state index contributed by atoms with van der Waals surface area (Å²) in [5.74, 6) is 0.271. The van der Waals surface area contributed by atoms with Gasteiger partial charge in [0, 0.05) is 16.6 Å². The lowest BCUT2D eigenvalue weighted by Gasteiger charge is -2.15. The second-order valence-electron chi connectivity index (χ2n) is 5.26. The van der Waals surface area contributed by atoms with E-state index in [9.17, 15) is 8.42 Å². The van der Waals surface area contributed by atoms with Crippen molar-refractivity contribution in [3.8, 4) is 0 Å². The van der Waals surface area contributed by atoms with Gasteiger partial charge in [-0.25, -0.2) is 13.1 Å². The summed E-state index contributed by atoms with van der Waals surface area (Å²) in [5.41, 5.74) is 0.565. The van der Waals surface area contributed by atoms with Crippen LogP contribution in [0.5, 0.6) is 0 Å². The van der Waals surface area contributed by atoms with Crippen LogP contribution < -0.4 is 4.72 Å². The second kappa shape index (κ2) is 8.99. The van der Waals surface area contributed by atoms with Crippen LogP contribution >= 0.6 is 23.2 Å². The lowest BCUT2D eigenvalue weighted by molar-refractivity contribution is 0.443. The number of hydrogen-bond donors (Lipinski definition) is 1. The van der Waals surface area contributed by atoms with Crippen molar-refractivity contribution in [1.29, 1.82) is 0 Å². The average Bonchev–Trinajstić information content (AvgIpc) is 2.42. The maximum Gasteiger partial charge on any atom is 0.215 e. The zero-order valence-electron chi connectivity index (χ0n) is 12.5. The van der Waals surface area contributed by atoms with E-state index in [0.717, 1.165) is 25.7 Å². The molecule has 0 radical (unpaired) electrons. The molecule has 0 fully saturated rings. The van der Waals surface area contributed by atoms with E-state index in [-0.39, 0.29) is 5.75 Å². The fourth-order valence-electron chi connectivity index (χ4n) is 2.08. The van der Waals surface area contributed by atoms with Crippen LogP contribution in [-0.2, 0) is 15.8 Å². The molecule has 0 heterocycles. The van der Waals surface area contributed by atoms with Gasteiger partial charge in [0.2, 0.25) is 10.0 Å². The predicted octanol–water partition coefficient (Wildman–Crippen LogP) is 4.63. The molecule has 1 rings (SSSR count). The minimum Gasteiger partial charge on any atom is -0.215 e. The van der Waals surface area contributed by atoms with Crippen molar-refractivity contribution in [2.24, 2.45) is 5.92 Å². The molecule has 1 aromatic carbocycles. The molecule has 0 bridgehead atoms. The van der Waals surface area contributed by atoms with E-state index in [4.69, 9.17) is 23.2 Å². The molecule has 120 valence electrons. The second-order valence-corrected chi connectivity index (χ2v) is 7.91. The first kappa shape index (κ1) is 18.8. The molecule has 0 saturated carbocycles. The molecule has 6 heteroatoms. The van der Waals surface area contributed by atoms with Gasteiger partial charge in [0.25, 0.3) is 0 Å². The third kappa shape index (κ3) is 7.00.